The summed E-state index contributed by atoms with van der Waals surface area (Å²) in [7, 11) is 0. The summed E-state index contributed by atoms with van der Waals surface area (Å²) in [5.74, 6) is 1.31. The molecule has 0 aromatic heterocycles. The van der Waals surface area contributed by atoms with Crippen molar-refractivity contribution < 1.29 is 17.9 Å². The van der Waals surface area contributed by atoms with Gasteiger partial charge in [0.05, 0.1) is 11.7 Å². The number of nitrogens with one attached hydrogen (secondary N) is 1. The zero-order valence-corrected chi connectivity index (χ0v) is 17.8. The largest absolute Gasteiger partial charge is 0.455 e. The van der Waals surface area contributed by atoms with Crippen molar-refractivity contribution in [2.24, 2.45) is 5.73 Å². The lowest BCUT2D eigenvalue weighted by Gasteiger charge is -2.41. The van der Waals surface area contributed by atoms with Gasteiger partial charge >= 0.3 is 6.18 Å². The molecule has 1 fully saturated rings. The molecule has 2 aliphatic rings. The summed E-state index contributed by atoms with van der Waals surface area (Å²) < 4.78 is 45.1. The van der Waals surface area contributed by atoms with E-state index in [0.717, 1.165) is 16.8 Å². The molecule has 0 saturated carbocycles. The summed E-state index contributed by atoms with van der Waals surface area (Å²) in [4.78, 5) is 1.39. The summed E-state index contributed by atoms with van der Waals surface area (Å²) in [6.07, 6.45) is -3.55. The molecule has 4 rings (SSSR count). The van der Waals surface area contributed by atoms with Gasteiger partial charge in [-0.15, -0.1) is 0 Å². The molecule has 4 nitrogen and oxygen atoms in total. The van der Waals surface area contributed by atoms with Crippen LogP contribution in [0.3, 0.4) is 0 Å². The van der Waals surface area contributed by atoms with Crippen molar-refractivity contribution >= 4 is 40.1 Å². The monoisotopic (exact) mass is 451 g/mol. The lowest BCUT2D eigenvalue weighted by atomic mass is 9.88. The molecule has 0 radical (unpaired) electrons. The van der Waals surface area contributed by atoms with Gasteiger partial charge in [-0.05, 0) is 49.6 Å². The second-order valence-corrected chi connectivity index (χ2v) is 8.39. The topological polar surface area (TPSA) is 50.5 Å². The number of piperidine rings is 1. The molecule has 0 spiro atoms. The highest BCUT2D eigenvalue weighted by atomic mass is 32.1. The van der Waals surface area contributed by atoms with Crippen LogP contribution in [0.1, 0.15) is 35.6 Å². The number of hydrogen-bond acceptors (Lipinski definition) is 4. The maximum absolute atomic E-state index is 13.0. The molecule has 2 aromatic carbocycles. The van der Waals surface area contributed by atoms with Crippen molar-refractivity contribution in [1.29, 1.82) is 0 Å². The third-order valence-corrected chi connectivity index (χ3v) is 6.17. The first-order chi connectivity index (χ1) is 14.1. The van der Waals surface area contributed by atoms with E-state index in [1.807, 2.05) is 43.3 Å². The quantitative estimate of drug-likeness (QED) is 0.632. The van der Waals surface area contributed by atoms with Crippen LogP contribution in [-0.2, 0) is 0 Å². The number of benzene rings is 2. The average molecular weight is 452 g/mol. The highest BCUT2D eigenvalue weighted by Gasteiger charge is 2.40. The zero-order chi connectivity index (χ0) is 21.6. The first-order valence-electron chi connectivity index (χ1n) is 9.50. The fraction of sp³-hybridized carbons (Fsp3) is 0.333. The van der Waals surface area contributed by atoms with Crippen LogP contribution in [0.2, 0.25) is 0 Å². The molecule has 3 N–H and O–H groups in total. The van der Waals surface area contributed by atoms with Crippen LogP contribution in [-0.4, -0.2) is 28.7 Å². The molecule has 0 unspecified atom stereocenters. The molecule has 9 heteroatoms. The van der Waals surface area contributed by atoms with E-state index in [4.69, 9.17) is 22.7 Å². The summed E-state index contributed by atoms with van der Waals surface area (Å²) in [6, 6.07) is 10.8. The number of nitrogens with two attached hydrogens (primary N) is 1. The van der Waals surface area contributed by atoms with Crippen molar-refractivity contribution in [2.45, 2.75) is 38.0 Å². The zero-order valence-electron chi connectivity index (χ0n) is 16.1. The van der Waals surface area contributed by atoms with Crippen LogP contribution >= 0.6 is 24.4 Å². The number of nitrogens with zero attached hydrogens (tertiary/aromatic N) is 1. The van der Waals surface area contributed by atoms with Crippen molar-refractivity contribution in [3.8, 4) is 11.5 Å². The number of ether oxygens (including phenoxy) is 1. The standard InChI is InChI=1S/C21H20F3N3OS2/c1-11-3-2-4-16-18(11)15-10-13(26-20(30)21(22,23)24)7-8-27(15)14-6-5-12(19(25)29)9-17(14)28-16/h2-6,9,13,15H,7-8,10H2,1H3,(H2,25,29)(H,26,30)/t13-,15-/m1/s1. The van der Waals surface area contributed by atoms with Gasteiger partial charge < -0.3 is 20.7 Å². The lowest BCUT2D eigenvalue weighted by molar-refractivity contribution is -0.0598. The van der Waals surface area contributed by atoms with Crippen LogP contribution in [0, 0.1) is 6.92 Å². The smallest absolute Gasteiger partial charge is 0.441 e. The van der Waals surface area contributed by atoms with Gasteiger partial charge in [0.25, 0.3) is 0 Å². The number of rotatable bonds is 2. The fourth-order valence-electron chi connectivity index (χ4n) is 4.20. The van der Waals surface area contributed by atoms with Gasteiger partial charge in [0, 0.05) is 23.7 Å². The molecule has 2 atom stereocenters. The van der Waals surface area contributed by atoms with Crippen LogP contribution < -0.4 is 20.7 Å². The van der Waals surface area contributed by atoms with E-state index in [9.17, 15) is 13.2 Å². The van der Waals surface area contributed by atoms with Crippen LogP contribution in [0.15, 0.2) is 36.4 Å². The Morgan fingerprint density at radius 2 is 1.97 bits per heavy atom. The molecule has 0 aliphatic carbocycles. The molecule has 2 aromatic rings. The van der Waals surface area contributed by atoms with E-state index in [-0.39, 0.29) is 17.1 Å². The Morgan fingerprint density at radius 3 is 2.67 bits per heavy atom. The number of fused-ring (bicyclic) bond motifs is 5. The Kier molecular flexibility index (Phi) is 5.36. The molecule has 2 aliphatic heterocycles. The third-order valence-electron chi connectivity index (χ3n) is 5.59. The Balaban J connectivity index is 1.75. The summed E-state index contributed by atoms with van der Waals surface area (Å²) >= 11 is 9.65. The summed E-state index contributed by atoms with van der Waals surface area (Å²) in [5.41, 5.74) is 9.34. The Labute approximate surface area is 183 Å². The second kappa shape index (κ2) is 7.70. The summed E-state index contributed by atoms with van der Waals surface area (Å²) in [6.45, 7) is 2.54. The molecule has 30 heavy (non-hydrogen) atoms. The van der Waals surface area contributed by atoms with Crippen molar-refractivity contribution in [3.63, 3.8) is 0 Å². The second-order valence-electron chi connectivity index (χ2n) is 7.54. The molecular weight excluding hydrogens is 431 g/mol. The maximum Gasteiger partial charge on any atom is 0.441 e. The van der Waals surface area contributed by atoms with Crippen molar-refractivity contribution in [2.75, 3.05) is 11.4 Å². The van der Waals surface area contributed by atoms with Gasteiger partial charge in [0.15, 0.2) is 10.7 Å². The normalized spacial score (nSPS) is 20.2. The van der Waals surface area contributed by atoms with Crippen molar-refractivity contribution in [1.82, 2.24) is 5.32 Å². The van der Waals surface area contributed by atoms with Gasteiger partial charge in [-0.3, -0.25) is 0 Å². The van der Waals surface area contributed by atoms with Gasteiger partial charge in [-0.1, -0.05) is 36.6 Å². The number of halogens is 3. The number of anilines is 1. The van der Waals surface area contributed by atoms with E-state index in [1.165, 1.54) is 0 Å². The first-order valence-corrected chi connectivity index (χ1v) is 10.3. The molecule has 0 amide bonds. The van der Waals surface area contributed by atoms with E-state index < -0.39 is 11.2 Å². The minimum Gasteiger partial charge on any atom is -0.455 e. The van der Waals surface area contributed by atoms with Crippen LogP contribution in [0.25, 0.3) is 0 Å². The Bertz CT molecular complexity index is 1030. The molecule has 158 valence electrons. The average Bonchev–Trinajstić information content (AvgIpc) is 2.81. The van der Waals surface area contributed by atoms with Gasteiger partial charge in [-0.2, -0.15) is 13.2 Å². The highest BCUT2D eigenvalue weighted by Crippen LogP contribution is 2.48. The van der Waals surface area contributed by atoms with E-state index in [2.05, 4.69) is 22.4 Å². The number of thiocarbonyl (C=S) groups is 2. The minimum absolute atomic E-state index is 0.152. The lowest BCUT2D eigenvalue weighted by Crippen LogP contribution is -2.48. The van der Waals surface area contributed by atoms with E-state index in [1.54, 1.807) is 0 Å². The number of hydrogen-bond donors (Lipinski definition) is 2. The molecular formula is C21H20F3N3OS2. The first kappa shape index (κ1) is 20.9. The van der Waals surface area contributed by atoms with Crippen LogP contribution in [0.5, 0.6) is 11.5 Å². The van der Waals surface area contributed by atoms with Crippen molar-refractivity contribution in [3.05, 3.63) is 53.1 Å². The number of alkyl halides is 3. The summed E-state index contributed by atoms with van der Waals surface area (Å²) in [5, 5.41) is 2.52. The van der Waals surface area contributed by atoms with E-state index in [0.29, 0.717) is 36.4 Å². The van der Waals surface area contributed by atoms with Gasteiger partial charge in [0.2, 0.25) is 0 Å². The SMILES string of the molecule is Cc1cccc2c1[C@H]1C[C@H](NC(=S)C(F)(F)F)CCN1c1ccc(C(N)=S)cc1O2. The fourth-order valence-corrected chi connectivity index (χ4v) is 4.49. The van der Waals surface area contributed by atoms with Gasteiger partial charge in [-0.25, -0.2) is 0 Å². The number of aryl methyl sites for hydroxylation is 1. The van der Waals surface area contributed by atoms with Gasteiger partial charge in [0.1, 0.15) is 10.7 Å². The predicted octanol–water partition coefficient (Wildman–Crippen LogP) is 4.92. The highest BCUT2D eigenvalue weighted by molar-refractivity contribution is 7.80. The Morgan fingerprint density at radius 1 is 1.20 bits per heavy atom. The third kappa shape index (κ3) is 3.83. The Hall–Kier alpha value is -2.39. The predicted molar refractivity (Wildman–Crippen MR) is 118 cm³/mol. The molecule has 1 saturated heterocycles. The van der Waals surface area contributed by atoms with Crippen LogP contribution in [0.4, 0.5) is 18.9 Å². The maximum atomic E-state index is 13.0. The minimum atomic E-state index is -4.53. The molecule has 0 bridgehead atoms. The van der Waals surface area contributed by atoms with E-state index >= 15 is 0 Å². The molecule has 2 heterocycles.